The summed E-state index contributed by atoms with van der Waals surface area (Å²) in [5.41, 5.74) is 0.902. The van der Waals surface area contributed by atoms with E-state index in [9.17, 15) is 9.59 Å². The minimum Gasteiger partial charge on any atom is -0.379 e. The molecule has 1 aromatic heterocycles. The molecule has 0 spiro atoms. The molecule has 0 bridgehead atoms. The highest BCUT2D eigenvalue weighted by atomic mass is 32.1. The van der Waals surface area contributed by atoms with E-state index in [0.717, 1.165) is 28.7 Å². The molecule has 1 saturated heterocycles. The first-order chi connectivity index (χ1) is 10.7. The van der Waals surface area contributed by atoms with Crippen molar-refractivity contribution in [3.8, 4) is 0 Å². The Morgan fingerprint density at radius 3 is 3.00 bits per heavy atom. The van der Waals surface area contributed by atoms with Gasteiger partial charge in [0.2, 0.25) is 5.91 Å². The molecule has 2 aliphatic rings. The number of amides is 1. The van der Waals surface area contributed by atoms with Crippen molar-refractivity contribution in [1.29, 1.82) is 0 Å². The average molecular weight is 321 g/mol. The third-order valence-electron chi connectivity index (χ3n) is 3.67. The Morgan fingerprint density at radius 1 is 1.36 bits per heavy atom. The highest BCUT2D eigenvalue weighted by Crippen LogP contribution is 2.24. The lowest BCUT2D eigenvalue weighted by Gasteiger charge is -2.25. The van der Waals surface area contributed by atoms with Gasteiger partial charge in [-0.25, -0.2) is 4.98 Å². The first kappa shape index (κ1) is 15.3. The van der Waals surface area contributed by atoms with Crippen LogP contribution >= 0.6 is 11.3 Å². The maximum Gasteiger partial charge on any atom is 0.234 e. The van der Waals surface area contributed by atoms with Crippen LogP contribution in [0, 0.1) is 0 Å². The molecule has 0 unspecified atom stereocenters. The van der Waals surface area contributed by atoms with Crippen molar-refractivity contribution in [1.82, 2.24) is 15.2 Å². The highest BCUT2D eigenvalue weighted by Gasteiger charge is 2.16. The summed E-state index contributed by atoms with van der Waals surface area (Å²) in [5.74, 6) is 0.166. The van der Waals surface area contributed by atoms with Crippen LogP contribution in [-0.2, 0) is 27.2 Å². The van der Waals surface area contributed by atoms with Gasteiger partial charge < -0.3 is 10.1 Å². The zero-order chi connectivity index (χ0) is 15.4. The predicted molar refractivity (Wildman–Crippen MR) is 83.8 cm³/mol. The van der Waals surface area contributed by atoms with Gasteiger partial charge in [0.05, 0.1) is 30.5 Å². The molecule has 0 saturated carbocycles. The summed E-state index contributed by atoms with van der Waals surface area (Å²) < 4.78 is 5.26. The number of fused-ring (bicyclic) bond motifs is 1. The molecule has 118 valence electrons. The molecule has 2 heterocycles. The van der Waals surface area contributed by atoms with Gasteiger partial charge in [-0.05, 0) is 12.2 Å². The monoisotopic (exact) mass is 321 g/mol. The Kier molecular flexibility index (Phi) is 4.97. The number of ketones is 1. The topological polar surface area (TPSA) is 71.5 Å². The van der Waals surface area contributed by atoms with Crippen molar-refractivity contribution in [3.63, 3.8) is 0 Å². The number of morpholine rings is 1. The van der Waals surface area contributed by atoms with E-state index in [2.05, 4.69) is 15.2 Å². The molecular formula is C15H19N3O3S. The second-order valence-corrected chi connectivity index (χ2v) is 6.55. The molecule has 1 aromatic rings. The SMILES string of the molecule is O=C1C=Cc2nc(CCNC(=O)CN3CCOCC3)sc2C1. The second kappa shape index (κ2) is 7.13. The number of hydrogen-bond acceptors (Lipinski definition) is 6. The van der Waals surface area contributed by atoms with Crippen LogP contribution in [0.2, 0.25) is 0 Å². The molecule has 0 aromatic carbocycles. The lowest BCUT2D eigenvalue weighted by Crippen LogP contribution is -2.43. The number of carbonyl (C=O) groups is 2. The molecular weight excluding hydrogens is 302 g/mol. The summed E-state index contributed by atoms with van der Waals surface area (Å²) in [4.78, 5) is 30.8. The van der Waals surface area contributed by atoms with E-state index in [-0.39, 0.29) is 11.7 Å². The van der Waals surface area contributed by atoms with Gasteiger partial charge in [-0.15, -0.1) is 11.3 Å². The van der Waals surface area contributed by atoms with Gasteiger partial charge in [0.25, 0.3) is 0 Å². The number of rotatable bonds is 5. The molecule has 1 fully saturated rings. The molecule has 1 aliphatic heterocycles. The number of hydrogen-bond donors (Lipinski definition) is 1. The van der Waals surface area contributed by atoms with Crippen LogP contribution in [0.5, 0.6) is 0 Å². The van der Waals surface area contributed by atoms with E-state index in [4.69, 9.17) is 4.74 Å². The van der Waals surface area contributed by atoms with E-state index >= 15 is 0 Å². The zero-order valence-electron chi connectivity index (χ0n) is 12.3. The lowest BCUT2D eigenvalue weighted by atomic mass is 10.1. The molecule has 22 heavy (non-hydrogen) atoms. The van der Waals surface area contributed by atoms with Gasteiger partial charge in [0, 0.05) is 37.4 Å². The third kappa shape index (κ3) is 4.00. The number of aromatic nitrogens is 1. The van der Waals surface area contributed by atoms with Gasteiger partial charge in [0.1, 0.15) is 0 Å². The largest absolute Gasteiger partial charge is 0.379 e. The number of ether oxygens (including phenoxy) is 1. The van der Waals surface area contributed by atoms with Gasteiger partial charge in [-0.1, -0.05) is 0 Å². The third-order valence-corrected chi connectivity index (χ3v) is 4.80. The fourth-order valence-corrected chi connectivity index (χ4v) is 3.56. The Balaban J connectivity index is 1.42. The van der Waals surface area contributed by atoms with Gasteiger partial charge in [-0.2, -0.15) is 0 Å². The van der Waals surface area contributed by atoms with Gasteiger partial charge in [-0.3, -0.25) is 14.5 Å². The summed E-state index contributed by atoms with van der Waals surface area (Å²) in [6.07, 6.45) is 4.51. The van der Waals surface area contributed by atoms with E-state index < -0.39 is 0 Å². The number of thiazole rings is 1. The number of carbonyl (C=O) groups excluding carboxylic acids is 2. The average Bonchev–Trinajstić information content (AvgIpc) is 2.90. The zero-order valence-corrected chi connectivity index (χ0v) is 13.2. The van der Waals surface area contributed by atoms with Crippen molar-refractivity contribution >= 4 is 29.1 Å². The molecule has 1 N–H and O–H groups in total. The van der Waals surface area contributed by atoms with E-state index in [0.29, 0.717) is 39.1 Å². The van der Waals surface area contributed by atoms with Crippen molar-refractivity contribution in [2.24, 2.45) is 0 Å². The maximum absolute atomic E-state index is 11.9. The lowest BCUT2D eigenvalue weighted by molar-refractivity contribution is -0.123. The molecule has 1 aliphatic carbocycles. The first-order valence-corrected chi connectivity index (χ1v) is 8.28. The minimum atomic E-state index is 0.0401. The molecule has 0 atom stereocenters. The molecule has 1 amide bonds. The summed E-state index contributed by atoms with van der Waals surface area (Å²) in [5, 5.41) is 3.90. The number of nitrogens with one attached hydrogen (secondary N) is 1. The normalized spacial score (nSPS) is 18.3. The highest BCUT2D eigenvalue weighted by molar-refractivity contribution is 7.12. The molecule has 7 heteroatoms. The number of allylic oxidation sites excluding steroid dienone is 1. The Labute approximate surface area is 133 Å². The fraction of sp³-hybridized carbons (Fsp3) is 0.533. The van der Waals surface area contributed by atoms with Gasteiger partial charge in [0.15, 0.2) is 5.78 Å². The number of nitrogens with zero attached hydrogens (tertiary/aromatic N) is 2. The smallest absolute Gasteiger partial charge is 0.234 e. The molecule has 0 radical (unpaired) electrons. The quantitative estimate of drug-likeness (QED) is 0.843. The van der Waals surface area contributed by atoms with Crippen LogP contribution in [-0.4, -0.2) is 61.0 Å². The van der Waals surface area contributed by atoms with Crippen LogP contribution < -0.4 is 5.32 Å². The first-order valence-electron chi connectivity index (χ1n) is 7.47. The van der Waals surface area contributed by atoms with Gasteiger partial charge >= 0.3 is 0 Å². The Morgan fingerprint density at radius 2 is 2.18 bits per heavy atom. The van der Waals surface area contributed by atoms with Crippen molar-refractivity contribution in [3.05, 3.63) is 21.7 Å². The van der Waals surface area contributed by atoms with Crippen LogP contribution in [0.3, 0.4) is 0 Å². The van der Waals surface area contributed by atoms with Crippen LogP contribution in [0.25, 0.3) is 6.08 Å². The minimum absolute atomic E-state index is 0.0401. The Hall–Kier alpha value is -1.57. The summed E-state index contributed by atoms with van der Waals surface area (Å²) in [6, 6.07) is 0. The summed E-state index contributed by atoms with van der Waals surface area (Å²) >= 11 is 1.56. The van der Waals surface area contributed by atoms with Crippen molar-refractivity contribution in [2.45, 2.75) is 12.8 Å². The van der Waals surface area contributed by atoms with Crippen molar-refractivity contribution in [2.75, 3.05) is 39.4 Å². The van der Waals surface area contributed by atoms with E-state index in [1.165, 1.54) is 0 Å². The summed E-state index contributed by atoms with van der Waals surface area (Å²) in [7, 11) is 0. The summed E-state index contributed by atoms with van der Waals surface area (Å²) in [6.45, 7) is 4.02. The van der Waals surface area contributed by atoms with E-state index in [1.54, 1.807) is 23.5 Å². The van der Waals surface area contributed by atoms with E-state index in [1.807, 2.05) is 0 Å². The molecule has 6 nitrogen and oxygen atoms in total. The predicted octanol–water partition coefficient (Wildman–Crippen LogP) is 0.272. The van der Waals surface area contributed by atoms with Crippen molar-refractivity contribution < 1.29 is 14.3 Å². The second-order valence-electron chi connectivity index (χ2n) is 5.38. The van der Waals surface area contributed by atoms with Crippen LogP contribution in [0.4, 0.5) is 0 Å². The van der Waals surface area contributed by atoms with Crippen LogP contribution in [0.1, 0.15) is 15.6 Å². The maximum atomic E-state index is 11.9. The molecule has 3 rings (SSSR count). The Bertz CT molecular complexity index is 591. The fourth-order valence-electron chi connectivity index (χ4n) is 2.49. The standard InChI is InChI=1S/C15H19N3O3S/c19-11-1-2-12-13(9-11)22-15(17-12)3-4-16-14(20)10-18-5-7-21-8-6-18/h1-2H,3-10H2,(H,16,20). The van der Waals surface area contributed by atoms with Crippen LogP contribution in [0.15, 0.2) is 6.08 Å².